The predicted molar refractivity (Wildman–Crippen MR) is 53.5 cm³/mol. The van der Waals surface area contributed by atoms with E-state index in [4.69, 9.17) is 5.26 Å². The molecule has 90 valence electrons. The van der Waals surface area contributed by atoms with Gasteiger partial charge in [-0.1, -0.05) is 6.92 Å². The van der Waals surface area contributed by atoms with Gasteiger partial charge in [0.1, 0.15) is 11.6 Å². The van der Waals surface area contributed by atoms with Gasteiger partial charge in [0, 0.05) is 5.69 Å². The number of aryl methyl sites for hydroxylation is 1. The molecule has 0 saturated carbocycles. The van der Waals surface area contributed by atoms with E-state index in [1.165, 1.54) is 6.07 Å². The van der Waals surface area contributed by atoms with E-state index in [0.717, 1.165) is 0 Å². The molecule has 3 nitrogen and oxygen atoms in total. The Balaban J connectivity index is 2.87. The Morgan fingerprint density at radius 2 is 2.12 bits per heavy atom. The lowest BCUT2D eigenvalue weighted by Crippen LogP contribution is -2.23. The van der Waals surface area contributed by atoms with Crippen LogP contribution < -0.4 is 5.56 Å². The number of nitrogens with zero attached hydrogens (tertiary/aromatic N) is 1. The van der Waals surface area contributed by atoms with E-state index in [1.807, 2.05) is 0 Å². The molecule has 1 unspecified atom stereocenters. The first-order valence-electron chi connectivity index (χ1n) is 5.12. The second-order valence-electron chi connectivity index (χ2n) is 4.15. The molecular weight excluding hydrogens is 233 g/mol. The number of aromatic amines is 1. The van der Waals surface area contributed by atoms with Crippen molar-refractivity contribution in [1.82, 2.24) is 4.98 Å². The summed E-state index contributed by atoms with van der Waals surface area (Å²) < 4.78 is 38.8. The lowest BCUT2D eigenvalue weighted by atomic mass is 9.96. The van der Waals surface area contributed by atoms with Gasteiger partial charge in [0.15, 0.2) is 0 Å². The molecule has 0 fully saturated rings. The third-order valence-corrected chi connectivity index (χ3v) is 3.05. The number of pyridine rings is 1. The van der Waals surface area contributed by atoms with Crippen LogP contribution in [-0.4, -0.2) is 4.98 Å². The molecule has 1 aliphatic rings. The summed E-state index contributed by atoms with van der Waals surface area (Å²) in [6, 6.07) is 1.36. The summed E-state index contributed by atoms with van der Waals surface area (Å²) in [5, 5.41) is 8.71. The van der Waals surface area contributed by atoms with Crippen molar-refractivity contribution < 1.29 is 13.2 Å². The van der Waals surface area contributed by atoms with Crippen molar-refractivity contribution in [3.05, 3.63) is 32.7 Å². The van der Waals surface area contributed by atoms with Crippen LogP contribution in [0.2, 0.25) is 0 Å². The molecule has 2 rings (SSSR count). The number of aromatic nitrogens is 1. The fraction of sp³-hybridized carbons (Fsp3) is 0.455. The Labute approximate surface area is 94.9 Å². The van der Waals surface area contributed by atoms with Crippen LogP contribution in [0, 0.1) is 11.3 Å². The van der Waals surface area contributed by atoms with E-state index >= 15 is 0 Å². The molecule has 0 aromatic carbocycles. The molecule has 0 bridgehead atoms. The lowest BCUT2D eigenvalue weighted by Gasteiger charge is -2.15. The maximum Gasteiger partial charge on any atom is 0.418 e. The van der Waals surface area contributed by atoms with Gasteiger partial charge < -0.3 is 4.98 Å². The van der Waals surface area contributed by atoms with Gasteiger partial charge in [0.05, 0.1) is 5.56 Å². The minimum atomic E-state index is -4.66. The van der Waals surface area contributed by atoms with E-state index in [-0.39, 0.29) is 11.5 Å². The molecule has 6 heteroatoms. The molecule has 17 heavy (non-hydrogen) atoms. The minimum absolute atomic E-state index is 0.0775. The zero-order chi connectivity index (χ0) is 12.8. The standard InChI is InChI=1S/C11H9F3N2O/c1-5-2-3-7-8(5)9(11(12,13)14)6(4-15)10(17)16-7/h5H,2-3H2,1H3,(H,16,17). The molecule has 1 heterocycles. The smallest absolute Gasteiger partial charge is 0.325 e. The van der Waals surface area contributed by atoms with E-state index in [9.17, 15) is 18.0 Å². The molecule has 0 saturated heterocycles. The molecule has 1 aliphatic carbocycles. The Bertz CT molecular complexity index is 566. The number of halogens is 3. The van der Waals surface area contributed by atoms with E-state index in [2.05, 4.69) is 4.98 Å². The van der Waals surface area contributed by atoms with E-state index in [1.54, 1.807) is 6.92 Å². The van der Waals surface area contributed by atoms with Gasteiger partial charge in [0.2, 0.25) is 0 Å². The van der Waals surface area contributed by atoms with Crippen molar-refractivity contribution in [1.29, 1.82) is 5.26 Å². The van der Waals surface area contributed by atoms with Crippen molar-refractivity contribution in [3.63, 3.8) is 0 Å². The Morgan fingerprint density at radius 1 is 1.47 bits per heavy atom. The third-order valence-electron chi connectivity index (χ3n) is 3.05. The highest BCUT2D eigenvalue weighted by atomic mass is 19.4. The van der Waals surface area contributed by atoms with Crippen LogP contribution in [0.15, 0.2) is 4.79 Å². The number of rotatable bonds is 0. The molecule has 1 atom stereocenters. The molecular formula is C11H9F3N2O. The monoisotopic (exact) mass is 242 g/mol. The van der Waals surface area contributed by atoms with Crippen LogP contribution in [0.1, 0.15) is 41.6 Å². The summed E-state index contributed by atoms with van der Waals surface area (Å²) in [4.78, 5) is 13.8. The topological polar surface area (TPSA) is 56.6 Å². The van der Waals surface area contributed by atoms with Crippen LogP contribution in [-0.2, 0) is 12.6 Å². The van der Waals surface area contributed by atoms with Crippen LogP contribution >= 0.6 is 0 Å². The van der Waals surface area contributed by atoms with E-state index in [0.29, 0.717) is 18.5 Å². The van der Waals surface area contributed by atoms with Gasteiger partial charge >= 0.3 is 6.18 Å². The van der Waals surface area contributed by atoms with E-state index < -0.39 is 22.9 Å². The van der Waals surface area contributed by atoms with Gasteiger partial charge in [-0.2, -0.15) is 18.4 Å². The summed E-state index contributed by atoms with van der Waals surface area (Å²) >= 11 is 0. The highest BCUT2D eigenvalue weighted by Gasteiger charge is 2.41. The molecule has 0 aliphatic heterocycles. The quantitative estimate of drug-likeness (QED) is 0.759. The largest absolute Gasteiger partial charge is 0.418 e. The van der Waals surface area contributed by atoms with Gasteiger partial charge in [-0.05, 0) is 24.3 Å². The summed E-state index contributed by atoms with van der Waals surface area (Å²) in [6.45, 7) is 1.67. The number of hydrogen-bond acceptors (Lipinski definition) is 2. The molecule has 0 radical (unpaired) electrons. The van der Waals surface area contributed by atoms with Gasteiger partial charge in [-0.3, -0.25) is 4.79 Å². The number of fused-ring (bicyclic) bond motifs is 1. The second kappa shape index (κ2) is 3.62. The zero-order valence-electron chi connectivity index (χ0n) is 8.98. The SMILES string of the molecule is CC1CCc2[nH]c(=O)c(C#N)c(C(F)(F)F)c21. The highest BCUT2D eigenvalue weighted by molar-refractivity contribution is 5.48. The zero-order valence-corrected chi connectivity index (χ0v) is 8.98. The third kappa shape index (κ3) is 1.71. The van der Waals surface area contributed by atoms with Crippen molar-refractivity contribution in [2.24, 2.45) is 0 Å². The molecule has 0 spiro atoms. The van der Waals surface area contributed by atoms with Crippen molar-refractivity contribution in [2.45, 2.75) is 31.9 Å². The number of alkyl halides is 3. The number of hydrogen-bond donors (Lipinski definition) is 1. The molecule has 1 aromatic rings. The summed E-state index contributed by atoms with van der Waals surface area (Å²) in [5.74, 6) is -0.287. The molecule has 1 aromatic heterocycles. The average molecular weight is 242 g/mol. The maximum absolute atomic E-state index is 12.9. The Hall–Kier alpha value is -1.77. The molecule has 0 amide bonds. The predicted octanol–water partition coefficient (Wildman–Crippen LogP) is 2.32. The first kappa shape index (κ1) is 11.7. The first-order valence-corrected chi connectivity index (χ1v) is 5.12. The van der Waals surface area contributed by atoms with Gasteiger partial charge in [-0.15, -0.1) is 0 Å². The van der Waals surface area contributed by atoms with Crippen LogP contribution in [0.25, 0.3) is 0 Å². The lowest BCUT2D eigenvalue weighted by molar-refractivity contribution is -0.138. The number of nitrogens with one attached hydrogen (secondary N) is 1. The van der Waals surface area contributed by atoms with Crippen LogP contribution in [0.3, 0.4) is 0 Å². The first-order chi connectivity index (χ1) is 7.86. The number of H-pyrrole nitrogens is 1. The fourth-order valence-electron chi connectivity index (χ4n) is 2.31. The van der Waals surface area contributed by atoms with Crippen LogP contribution in [0.5, 0.6) is 0 Å². The van der Waals surface area contributed by atoms with Gasteiger partial charge in [0.25, 0.3) is 5.56 Å². The summed E-state index contributed by atoms with van der Waals surface area (Å²) in [5.41, 5.74) is -2.44. The molecule has 1 N–H and O–H groups in total. The maximum atomic E-state index is 12.9. The second-order valence-corrected chi connectivity index (χ2v) is 4.15. The highest BCUT2D eigenvalue weighted by Crippen LogP contribution is 2.42. The number of nitriles is 1. The fourth-order valence-corrected chi connectivity index (χ4v) is 2.31. The average Bonchev–Trinajstić information content (AvgIpc) is 2.56. The Kier molecular flexibility index (Phi) is 2.49. The van der Waals surface area contributed by atoms with Crippen molar-refractivity contribution >= 4 is 0 Å². The Morgan fingerprint density at radius 3 is 2.65 bits per heavy atom. The van der Waals surface area contributed by atoms with Crippen molar-refractivity contribution in [2.75, 3.05) is 0 Å². The van der Waals surface area contributed by atoms with Crippen LogP contribution in [0.4, 0.5) is 13.2 Å². The van der Waals surface area contributed by atoms with Gasteiger partial charge in [-0.25, -0.2) is 0 Å². The summed E-state index contributed by atoms with van der Waals surface area (Å²) in [7, 11) is 0. The minimum Gasteiger partial charge on any atom is -0.325 e. The van der Waals surface area contributed by atoms with Crippen molar-refractivity contribution in [3.8, 4) is 6.07 Å². The summed E-state index contributed by atoms with van der Waals surface area (Å²) in [6.07, 6.45) is -3.69. The normalized spacial score (nSPS) is 18.9.